The lowest BCUT2D eigenvalue weighted by molar-refractivity contribution is -0.149. The van der Waals surface area contributed by atoms with Crippen molar-refractivity contribution in [3.63, 3.8) is 0 Å². The second kappa shape index (κ2) is 12.8. The summed E-state index contributed by atoms with van der Waals surface area (Å²) >= 11 is 0. The largest absolute Gasteiger partial charge is 0.466 e. The fourth-order valence-electron chi connectivity index (χ4n) is 4.36. The molecule has 2 aliphatic heterocycles. The molecular weight excluding hydrogens is 523 g/mol. The molecule has 0 aliphatic carbocycles. The topological polar surface area (TPSA) is 113 Å². The van der Waals surface area contributed by atoms with Crippen molar-refractivity contribution in [2.24, 2.45) is 22.6 Å². The molecule has 1 atom stereocenters. The highest BCUT2D eigenvalue weighted by molar-refractivity contribution is 14.0. The Morgan fingerprint density at radius 2 is 2.00 bits per heavy atom. The van der Waals surface area contributed by atoms with Crippen molar-refractivity contribution in [3.05, 3.63) is 23.9 Å². The van der Waals surface area contributed by atoms with Crippen molar-refractivity contribution in [1.82, 2.24) is 15.2 Å². The van der Waals surface area contributed by atoms with Crippen molar-refractivity contribution in [1.29, 1.82) is 0 Å². The molecule has 1 unspecified atom stereocenters. The number of guanidine groups is 1. The van der Waals surface area contributed by atoms with Gasteiger partial charge in [-0.3, -0.25) is 14.6 Å². The number of halogens is 1. The number of pyridine rings is 1. The number of rotatable bonds is 6. The fourth-order valence-corrected chi connectivity index (χ4v) is 4.36. The smallest absolute Gasteiger partial charge is 0.310 e. The molecule has 3 heterocycles. The van der Waals surface area contributed by atoms with Crippen molar-refractivity contribution < 1.29 is 14.3 Å². The van der Waals surface area contributed by atoms with Crippen LogP contribution in [0.25, 0.3) is 0 Å². The lowest BCUT2D eigenvalue weighted by Gasteiger charge is -2.34. The predicted molar refractivity (Wildman–Crippen MR) is 135 cm³/mol. The summed E-state index contributed by atoms with van der Waals surface area (Å²) in [7, 11) is 1.76. The summed E-state index contributed by atoms with van der Waals surface area (Å²) in [6.07, 6.45) is 5.08. The summed E-state index contributed by atoms with van der Waals surface area (Å²) in [5, 5.41) is 3.44. The van der Waals surface area contributed by atoms with Crippen molar-refractivity contribution >= 4 is 47.6 Å². The second-order valence-corrected chi connectivity index (χ2v) is 8.09. The van der Waals surface area contributed by atoms with Gasteiger partial charge in [0.25, 0.3) is 0 Å². The van der Waals surface area contributed by atoms with Gasteiger partial charge >= 0.3 is 5.97 Å². The van der Waals surface area contributed by atoms with Crippen LogP contribution in [-0.2, 0) is 20.9 Å². The zero-order chi connectivity index (χ0) is 22.2. The molecule has 2 aliphatic rings. The molecule has 2 fully saturated rings. The number of anilines is 1. The van der Waals surface area contributed by atoms with Gasteiger partial charge in [0.1, 0.15) is 5.82 Å². The van der Waals surface area contributed by atoms with Crippen molar-refractivity contribution in [3.8, 4) is 0 Å². The van der Waals surface area contributed by atoms with Gasteiger partial charge in [0.15, 0.2) is 5.96 Å². The minimum absolute atomic E-state index is 0. The molecule has 9 nitrogen and oxygen atoms in total. The number of carbonyl (C=O) groups is 2. The number of nitrogens with two attached hydrogens (primary N) is 1. The first kappa shape index (κ1) is 26.1. The van der Waals surface area contributed by atoms with Gasteiger partial charge in [0.2, 0.25) is 5.91 Å². The monoisotopic (exact) mass is 558 g/mol. The molecule has 3 N–H and O–H groups in total. The highest BCUT2D eigenvalue weighted by Gasteiger charge is 2.29. The number of likely N-dealkylation sites (tertiary alicyclic amines) is 1. The van der Waals surface area contributed by atoms with Crippen LogP contribution in [0.3, 0.4) is 0 Å². The Morgan fingerprint density at radius 1 is 1.25 bits per heavy atom. The van der Waals surface area contributed by atoms with Crippen LogP contribution in [-0.4, -0.2) is 67.6 Å². The van der Waals surface area contributed by atoms with Crippen molar-refractivity contribution in [2.75, 3.05) is 44.7 Å². The number of primary amides is 1. The molecule has 0 saturated carbocycles. The normalized spacial score (nSPS) is 19.8. The summed E-state index contributed by atoms with van der Waals surface area (Å²) in [5.41, 5.74) is 6.53. The van der Waals surface area contributed by atoms with E-state index >= 15 is 0 Å². The van der Waals surface area contributed by atoms with E-state index < -0.39 is 0 Å². The molecule has 1 aromatic rings. The Labute approximate surface area is 207 Å². The van der Waals surface area contributed by atoms with Crippen LogP contribution >= 0.6 is 24.0 Å². The van der Waals surface area contributed by atoms with Crippen LogP contribution in [0.1, 0.15) is 38.2 Å². The van der Waals surface area contributed by atoms with Gasteiger partial charge in [-0.05, 0) is 38.7 Å². The van der Waals surface area contributed by atoms with E-state index in [9.17, 15) is 9.59 Å². The molecule has 0 spiro atoms. The summed E-state index contributed by atoms with van der Waals surface area (Å²) in [5.74, 6) is 1.19. The molecule has 178 valence electrons. The Hall–Kier alpha value is -2.11. The van der Waals surface area contributed by atoms with E-state index in [1.54, 1.807) is 13.2 Å². The fraction of sp³-hybridized carbons (Fsp3) is 0.636. The molecule has 0 bridgehead atoms. The van der Waals surface area contributed by atoms with Crippen molar-refractivity contribution in [2.45, 2.75) is 39.2 Å². The number of esters is 1. The Morgan fingerprint density at radius 3 is 2.66 bits per heavy atom. The Balaban J connectivity index is 0.00000363. The maximum Gasteiger partial charge on any atom is 0.310 e. The van der Waals surface area contributed by atoms with Crippen LogP contribution in [0.5, 0.6) is 0 Å². The molecule has 1 aromatic heterocycles. The zero-order valence-corrected chi connectivity index (χ0v) is 21.3. The van der Waals surface area contributed by atoms with E-state index in [1.807, 2.05) is 13.0 Å². The number of nitrogens with one attached hydrogen (secondary N) is 1. The first-order chi connectivity index (χ1) is 15.0. The molecule has 2 saturated heterocycles. The number of carbonyl (C=O) groups excluding carboxylic acids is 2. The van der Waals surface area contributed by atoms with Crippen LogP contribution in [0.15, 0.2) is 23.3 Å². The van der Waals surface area contributed by atoms with E-state index in [1.165, 1.54) is 0 Å². The highest BCUT2D eigenvalue weighted by atomic mass is 127. The second-order valence-electron chi connectivity index (χ2n) is 8.09. The number of piperidine rings is 2. The maximum absolute atomic E-state index is 12.2. The summed E-state index contributed by atoms with van der Waals surface area (Å²) in [4.78, 5) is 37.0. The average molecular weight is 558 g/mol. The van der Waals surface area contributed by atoms with E-state index in [-0.39, 0.29) is 47.7 Å². The number of aliphatic imine (C=N–C) groups is 1. The number of hydrogen-bond acceptors (Lipinski definition) is 6. The molecule has 0 aromatic carbocycles. The van der Waals surface area contributed by atoms with Gasteiger partial charge in [-0.1, -0.05) is 6.07 Å². The Bertz CT molecular complexity index is 798. The summed E-state index contributed by atoms with van der Waals surface area (Å²) < 4.78 is 5.21. The SMILES string of the molecule is CCOC(=O)C1CCCN(C(=NC)NCc2cccnc2N2CCC(C(N)=O)CC2)C1.I. The first-order valence-electron chi connectivity index (χ1n) is 11.1. The van der Waals surface area contributed by atoms with E-state index in [0.717, 1.165) is 62.7 Å². The van der Waals surface area contributed by atoms with Crippen LogP contribution in [0.2, 0.25) is 0 Å². The van der Waals surface area contributed by atoms with Crippen LogP contribution in [0.4, 0.5) is 5.82 Å². The number of hydrogen-bond donors (Lipinski definition) is 2. The molecule has 32 heavy (non-hydrogen) atoms. The third-order valence-corrected chi connectivity index (χ3v) is 6.05. The maximum atomic E-state index is 12.2. The zero-order valence-electron chi connectivity index (χ0n) is 19.0. The standard InChI is InChI=1S/C22H34N6O3.HI/c1-3-31-21(30)18-7-5-11-28(15-18)22(24-2)26-14-17-6-4-10-25-20(17)27-12-8-16(9-13-27)19(23)29;/h4,6,10,16,18H,3,5,7-9,11-15H2,1-2H3,(H2,23,29)(H,24,26);1H. The number of ether oxygens (including phenoxy) is 1. The number of amides is 1. The number of nitrogens with zero attached hydrogens (tertiary/aromatic N) is 4. The summed E-state index contributed by atoms with van der Waals surface area (Å²) in [6, 6.07) is 3.98. The van der Waals surface area contributed by atoms with E-state index in [2.05, 4.69) is 31.2 Å². The highest BCUT2D eigenvalue weighted by Crippen LogP contribution is 2.24. The van der Waals surface area contributed by atoms with Gasteiger partial charge in [-0.15, -0.1) is 24.0 Å². The van der Waals surface area contributed by atoms with E-state index in [4.69, 9.17) is 10.5 Å². The van der Waals surface area contributed by atoms with E-state index in [0.29, 0.717) is 19.7 Å². The minimum atomic E-state index is -0.214. The molecular formula is C22H35IN6O3. The average Bonchev–Trinajstić information content (AvgIpc) is 2.80. The van der Waals surface area contributed by atoms with Gasteiger partial charge in [0.05, 0.1) is 12.5 Å². The van der Waals surface area contributed by atoms with Crippen LogP contribution < -0.4 is 16.0 Å². The third-order valence-electron chi connectivity index (χ3n) is 6.05. The lowest BCUT2D eigenvalue weighted by atomic mass is 9.96. The van der Waals surface area contributed by atoms with Gasteiger partial charge in [-0.25, -0.2) is 4.98 Å². The van der Waals surface area contributed by atoms with Gasteiger partial charge in [-0.2, -0.15) is 0 Å². The third kappa shape index (κ3) is 6.69. The van der Waals surface area contributed by atoms with Gasteiger partial charge < -0.3 is 25.6 Å². The summed E-state index contributed by atoms with van der Waals surface area (Å²) in [6.45, 7) is 5.81. The molecule has 1 amide bonds. The molecule has 3 rings (SSSR count). The van der Waals surface area contributed by atoms with Gasteiger partial charge in [0, 0.05) is 57.4 Å². The lowest BCUT2D eigenvalue weighted by Crippen LogP contribution is -2.48. The predicted octanol–water partition coefficient (Wildman–Crippen LogP) is 1.75. The Kier molecular flexibility index (Phi) is 10.5. The first-order valence-corrected chi connectivity index (χ1v) is 11.1. The van der Waals surface area contributed by atoms with Crippen LogP contribution in [0, 0.1) is 11.8 Å². The number of aromatic nitrogens is 1. The minimum Gasteiger partial charge on any atom is -0.466 e. The molecule has 10 heteroatoms. The quantitative estimate of drug-likeness (QED) is 0.237. The molecule has 0 radical (unpaired) electrons.